The molecule has 1 saturated heterocycles. The zero-order valence-corrected chi connectivity index (χ0v) is 10.1. The predicted molar refractivity (Wildman–Crippen MR) is 67.3 cm³/mol. The second-order valence-electron chi connectivity index (χ2n) is 4.01. The summed E-state index contributed by atoms with van der Waals surface area (Å²) in [4.78, 5) is 14.0. The highest BCUT2D eigenvalue weighted by Crippen LogP contribution is 2.12. The molecule has 4 heteroatoms. The van der Waals surface area contributed by atoms with E-state index < -0.39 is 0 Å². The summed E-state index contributed by atoms with van der Waals surface area (Å²) in [5.74, 6) is 0.0938. The van der Waals surface area contributed by atoms with Crippen molar-refractivity contribution < 1.29 is 9.53 Å². The van der Waals surface area contributed by atoms with E-state index >= 15 is 0 Å². The Kier molecular flexibility index (Phi) is 3.98. The van der Waals surface area contributed by atoms with Crippen LogP contribution in [0.2, 0.25) is 0 Å². The summed E-state index contributed by atoms with van der Waals surface area (Å²) >= 11 is 0. The Morgan fingerprint density at radius 1 is 1.29 bits per heavy atom. The van der Waals surface area contributed by atoms with Gasteiger partial charge in [0.1, 0.15) is 0 Å². The van der Waals surface area contributed by atoms with Gasteiger partial charge in [-0.15, -0.1) is 0 Å². The first-order valence-electron chi connectivity index (χ1n) is 6.02. The van der Waals surface area contributed by atoms with E-state index in [2.05, 4.69) is 5.32 Å². The van der Waals surface area contributed by atoms with Crippen LogP contribution in [-0.2, 0) is 4.74 Å². The van der Waals surface area contributed by atoms with Gasteiger partial charge in [-0.25, -0.2) is 0 Å². The van der Waals surface area contributed by atoms with Crippen LogP contribution in [0.5, 0.6) is 0 Å². The number of ether oxygens (including phenoxy) is 1. The lowest BCUT2D eigenvalue weighted by Crippen LogP contribution is -2.40. The average Bonchev–Trinajstić information content (AvgIpc) is 2.40. The molecule has 0 spiro atoms. The third-order valence-electron chi connectivity index (χ3n) is 2.81. The van der Waals surface area contributed by atoms with E-state index in [9.17, 15) is 4.79 Å². The molecule has 0 aromatic heterocycles. The molecule has 1 aromatic rings. The maximum Gasteiger partial charge on any atom is 0.254 e. The number of amides is 1. The smallest absolute Gasteiger partial charge is 0.254 e. The summed E-state index contributed by atoms with van der Waals surface area (Å²) in [6.45, 7) is 5.59. The predicted octanol–water partition coefficient (Wildman–Crippen LogP) is 1.59. The molecule has 0 atom stereocenters. The molecule has 17 heavy (non-hydrogen) atoms. The van der Waals surface area contributed by atoms with E-state index in [1.165, 1.54) is 0 Å². The Hall–Kier alpha value is -1.55. The number of rotatable bonds is 3. The van der Waals surface area contributed by atoms with Crippen LogP contribution in [0.1, 0.15) is 17.3 Å². The quantitative estimate of drug-likeness (QED) is 0.863. The second kappa shape index (κ2) is 5.68. The van der Waals surface area contributed by atoms with Crippen LogP contribution in [0, 0.1) is 0 Å². The standard InChI is InChI=1S/C13H18N2O2/c1-2-14-12-5-3-11(4-6-12)13(16)15-7-9-17-10-8-15/h3-6,14H,2,7-10H2,1H3. The van der Waals surface area contributed by atoms with E-state index in [4.69, 9.17) is 4.74 Å². The van der Waals surface area contributed by atoms with Crippen molar-refractivity contribution in [3.8, 4) is 0 Å². The number of nitrogens with one attached hydrogen (secondary N) is 1. The van der Waals surface area contributed by atoms with Gasteiger partial charge in [0.05, 0.1) is 13.2 Å². The molecule has 92 valence electrons. The topological polar surface area (TPSA) is 41.6 Å². The molecular weight excluding hydrogens is 216 g/mol. The lowest BCUT2D eigenvalue weighted by molar-refractivity contribution is 0.0303. The van der Waals surface area contributed by atoms with Crippen LogP contribution in [0.3, 0.4) is 0 Å². The number of hydrogen-bond donors (Lipinski definition) is 1. The second-order valence-corrected chi connectivity index (χ2v) is 4.01. The van der Waals surface area contributed by atoms with Gasteiger partial charge in [-0.1, -0.05) is 0 Å². The molecule has 1 N–H and O–H groups in total. The minimum atomic E-state index is 0.0938. The summed E-state index contributed by atoms with van der Waals surface area (Å²) in [6.07, 6.45) is 0. The van der Waals surface area contributed by atoms with E-state index in [1.807, 2.05) is 36.1 Å². The Balaban J connectivity index is 2.03. The van der Waals surface area contributed by atoms with Crippen molar-refractivity contribution in [2.45, 2.75) is 6.92 Å². The van der Waals surface area contributed by atoms with Gasteiger partial charge in [0.25, 0.3) is 5.91 Å². The molecule has 0 aliphatic carbocycles. The van der Waals surface area contributed by atoms with E-state index in [0.717, 1.165) is 17.8 Å². The first-order valence-corrected chi connectivity index (χ1v) is 6.02. The number of nitrogens with zero attached hydrogens (tertiary/aromatic N) is 1. The van der Waals surface area contributed by atoms with Crippen LogP contribution in [0.25, 0.3) is 0 Å². The van der Waals surface area contributed by atoms with Gasteiger partial charge >= 0.3 is 0 Å². The SMILES string of the molecule is CCNc1ccc(C(=O)N2CCOCC2)cc1. The highest BCUT2D eigenvalue weighted by molar-refractivity contribution is 5.94. The van der Waals surface area contributed by atoms with Crippen molar-refractivity contribution in [1.29, 1.82) is 0 Å². The molecule has 1 aliphatic rings. The molecule has 1 aromatic carbocycles. The third kappa shape index (κ3) is 2.97. The molecule has 1 heterocycles. The van der Waals surface area contributed by atoms with Gasteiger partial charge < -0.3 is 15.0 Å². The molecule has 1 aliphatic heterocycles. The summed E-state index contributed by atoms with van der Waals surface area (Å²) in [6, 6.07) is 7.62. The van der Waals surface area contributed by atoms with Gasteiger partial charge in [0.15, 0.2) is 0 Å². The molecular formula is C13H18N2O2. The summed E-state index contributed by atoms with van der Waals surface area (Å²) in [5, 5.41) is 3.21. The minimum absolute atomic E-state index is 0.0938. The van der Waals surface area contributed by atoms with Crippen molar-refractivity contribution in [2.75, 3.05) is 38.2 Å². The van der Waals surface area contributed by atoms with E-state index in [-0.39, 0.29) is 5.91 Å². The molecule has 0 unspecified atom stereocenters. The number of benzene rings is 1. The normalized spacial score (nSPS) is 15.7. The summed E-state index contributed by atoms with van der Waals surface area (Å²) in [5.41, 5.74) is 1.79. The summed E-state index contributed by atoms with van der Waals surface area (Å²) < 4.78 is 5.23. The van der Waals surface area contributed by atoms with Gasteiger partial charge in [0, 0.05) is 30.9 Å². The zero-order valence-electron chi connectivity index (χ0n) is 10.1. The van der Waals surface area contributed by atoms with Crippen LogP contribution >= 0.6 is 0 Å². The van der Waals surface area contributed by atoms with Gasteiger partial charge in [0.2, 0.25) is 0 Å². The van der Waals surface area contributed by atoms with Gasteiger partial charge in [-0.3, -0.25) is 4.79 Å². The maximum absolute atomic E-state index is 12.1. The van der Waals surface area contributed by atoms with Crippen LogP contribution in [-0.4, -0.2) is 43.7 Å². The first-order chi connectivity index (χ1) is 8.31. The van der Waals surface area contributed by atoms with E-state index in [0.29, 0.717) is 26.3 Å². The first kappa shape index (κ1) is 11.9. The Morgan fingerprint density at radius 2 is 1.94 bits per heavy atom. The van der Waals surface area contributed by atoms with Crippen molar-refractivity contribution in [3.63, 3.8) is 0 Å². The Labute approximate surface area is 102 Å². The van der Waals surface area contributed by atoms with Gasteiger partial charge in [-0.2, -0.15) is 0 Å². The van der Waals surface area contributed by atoms with Crippen LogP contribution in [0.4, 0.5) is 5.69 Å². The molecule has 0 bridgehead atoms. The molecule has 4 nitrogen and oxygen atoms in total. The average molecular weight is 234 g/mol. The Bertz CT molecular complexity index is 370. The molecule has 1 amide bonds. The fraction of sp³-hybridized carbons (Fsp3) is 0.462. The highest BCUT2D eigenvalue weighted by Gasteiger charge is 2.17. The lowest BCUT2D eigenvalue weighted by atomic mass is 10.1. The number of carbonyl (C=O) groups is 1. The lowest BCUT2D eigenvalue weighted by Gasteiger charge is -2.26. The fourth-order valence-corrected chi connectivity index (χ4v) is 1.88. The third-order valence-corrected chi connectivity index (χ3v) is 2.81. The summed E-state index contributed by atoms with van der Waals surface area (Å²) in [7, 11) is 0. The fourth-order valence-electron chi connectivity index (χ4n) is 1.88. The largest absolute Gasteiger partial charge is 0.385 e. The van der Waals surface area contributed by atoms with Crippen molar-refractivity contribution >= 4 is 11.6 Å². The van der Waals surface area contributed by atoms with E-state index in [1.54, 1.807) is 0 Å². The number of carbonyl (C=O) groups excluding carboxylic acids is 1. The minimum Gasteiger partial charge on any atom is -0.385 e. The maximum atomic E-state index is 12.1. The molecule has 2 rings (SSSR count). The number of hydrogen-bond acceptors (Lipinski definition) is 3. The number of anilines is 1. The monoisotopic (exact) mass is 234 g/mol. The van der Waals surface area contributed by atoms with Gasteiger partial charge in [-0.05, 0) is 31.2 Å². The van der Waals surface area contributed by atoms with Crippen LogP contribution in [0.15, 0.2) is 24.3 Å². The molecule has 0 saturated carbocycles. The zero-order chi connectivity index (χ0) is 12.1. The highest BCUT2D eigenvalue weighted by atomic mass is 16.5. The van der Waals surface area contributed by atoms with Crippen LogP contribution < -0.4 is 5.32 Å². The van der Waals surface area contributed by atoms with Crippen molar-refractivity contribution in [2.24, 2.45) is 0 Å². The molecule has 1 fully saturated rings. The van der Waals surface area contributed by atoms with Crippen molar-refractivity contribution in [1.82, 2.24) is 4.90 Å². The number of morpholine rings is 1. The van der Waals surface area contributed by atoms with Crippen molar-refractivity contribution in [3.05, 3.63) is 29.8 Å². The molecule has 0 radical (unpaired) electrons. The Morgan fingerprint density at radius 3 is 2.53 bits per heavy atom.